The number of methoxy groups -OCH3 is 1. The fraction of sp³-hybridized carbons (Fsp3) is 0.231. The van der Waals surface area contributed by atoms with E-state index < -0.39 is 11.5 Å². The van der Waals surface area contributed by atoms with E-state index in [0.29, 0.717) is 34.0 Å². The number of amides is 1. The maximum Gasteiger partial charge on any atom is 0.349 e. The fourth-order valence-electron chi connectivity index (χ4n) is 3.75. The van der Waals surface area contributed by atoms with Crippen LogP contribution in [0.4, 0.5) is 23.0 Å². The number of ether oxygens (including phenoxy) is 1. The van der Waals surface area contributed by atoms with Crippen molar-refractivity contribution in [3.63, 3.8) is 0 Å². The van der Waals surface area contributed by atoms with E-state index in [2.05, 4.69) is 39.3 Å². The molecule has 2 N–H and O–H groups in total. The van der Waals surface area contributed by atoms with Crippen LogP contribution in [-0.2, 0) is 0 Å². The van der Waals surface area contributed by atoms with Gasteiger partial charge in [0.25, 0.3) is 5.91 Å². The summed E-state index contributed by atoms with van der Waals surface area (Å²) in [5.41, 5.74) is 0.808. The summed E-state index contributed by atoms with van der Waals surface area (Å²) in [5, 5.41) is 6.61. The molecule has 0 aliphatic carbocycles. The Morgan fingerprint density at radius 1 is 1.03 bits per heavy atom. The molecule has 180 valence electrons. The summed E-state index contributed by atoms with van der Waals surface area (Å²) in [6.07, 6.45) is 0. The standard InChI is InChI=1S/C26H27N5O4/c1-5-31(6-2)23-15-22(27-16(3)28-23)29-18-10-12-19(13-11-18)30-25(32)20-14-17-8-7-9-21(34-4)24(17)35-26(20)33/h7-15H,5-6H2,1-4H3,(H,30,32)(H,27,28,29). The first-order chi connectivity index (χ1) is 16.9. The van der Waals surface area contributed by atoms with Gasteiger partial charge in [-0.3, -0.25) is 4.79 Å². The molecule has 4 rings (SSSR count). The lowest BCUT2D eigenvalue weighted by Crippen LogP contribution is -2.23. The Morgan fingerprint density at radius 2 is 1.74 bits per heavy atom. The summed E-state index contributed by atoms with van der Waals surface area (Å²) in [5.74, 6) is 2.09. The third-order valence-corrected chi connectivity index (χ3v) is 5.52. The SMILES string of the molecule is CCN(CC)c1cc(Nc2ccc(NC(=O)c3cc4cccc(OC)c4oc3=O)cc2)nc(C)n1. The van der Waals surface area contributed by atoms with Gasteiger partial charge in [-0.2, -0.15) is 0 Å². The summed E-state index contributed by atoms with van der Waals surface area (Å²) < 4.78 is 10.6. The molecule has 0 aliphatic heterocycles. The highest BCUT2D eigenvalue weighted by Crippen LogP contribution is 2.25. The van der Waals surface area contributed by atoms with Gasteiger partial charge in [-0.05, 0) is 57.2 Å². The van der Waals surface area contributed by atoms with Crippen LogP contribution in [0.3, 0.4) is 0 Å². The molecule has 0 spiro atoms. The summed E-state index contributed by atoms with van der Waals surface area (Å²) in [4.78, 5) is 36.3. The molecular formula is C26H27N5O4. The van der Waals surface area contributed by atoms with E-state index in [4.69, 9.17) is 9.15 Å². The largest absolute Gasteiger partial charge is 0.493 e. The number of nitrogens with one attached hydrogen (secondary N) is 2. The number of aryl methyl sites for hydroxylation is 1. The van der Waals surface area contributed by atoms with Crippen LogP contribution >= 0.6 is 0 Å². The Labute approximate surface area is 202 Å². The normalized spacial score (nSPS) is 10.7. The number of hydrogen-bond acceptors (Lipinski definition) is 8. The van der Waals surface area contributed by atoms with Gasteiger partial charge >= 0.3 is 5.63 Å². The molecule has 2 heterocycles. The number of benzene rings is 2. The molecule has 1 amide bonds. The van der Waals surface area contributed by atoms with Gasteiger partial charge in [0, 0.05) is 35.9 Å². The Bertz CT molecular complexity index is 1410. The summed E-state index contributed by atoms with van der Waals surface area (Å²) in [7, 11) is 1.49. The number of rotatable bonds is 8. The minimum atomic E-state index is -0.735. The van der Waals surface area contributed by atoms with Crippen molar-refractivity contribution in [2.45, 2.75) is 20.8 Å². The van der Waals surface area contributed by atoms with Gasteiger partial charge in [0.1, 0.15) is 23.0 Å². The van der Waals surface area contributed by atoms with E-state index in [0.717, 1.165) is 24.6 Å². The van der Waals surface area contributed by atoms with E-state index in [-0.39, 0.29) is 5.56 Å². The average molecular weight is 474 g/mol. The van der Waals surface area contributed by atoms with Crippen molar-refractivity contribution in [2.24, 2.45) is 0 Å². The van der Waals surface area contributed by atoms with Crippen molar-refractivity contribution in [1.29, 1.82) is 0 Å². The fourth-order valence-corrected chi connectivity index (χ4v) is 3.75. The topological polar surface area (TPSA) is 110 Å². The maximum atomic E-state index is 12.8. The molecular weight excluding hydrogens is 446 g/mol. The van der Waals surface area contributed by atoms with Gasteiger partial charge in [0.15, 0.2) is 11.3 Å². The number of para-hydroxylation sites is 1. The van der Waals surface area contributed by atoms with E-state index >= 15 is 0 Å². The quantitative estimate of drug-likeness (QED) is 0.353. The van der Waals surface area contributed by atoms with Gasteiger partial charge in [-0.25, -0.2) is 14.8 Å². The third-order valence-electron chi connectivity index (χ3n) is 5.52. The highest BCUT2D eigenvalue weighted by atomic mass is 16.5. The Balaban J connectivity index is 1.50. The van der Waals surface area contributed by atoms with Crippen molar-refractivity contribution < 1.29 is 13.9 Å². The lowest BCUT2D eigenvalue weighted by Gasteiger charge is -2.20. The second-order valence-corrected chi connectivity index (χ2v) is 7.81. The van der Waals surface area contributed by atoms with E-state index in [1.807, 2.05) is 25.1 Å². The number of fused-ring (bicyclic) bond motifs is 1. The van der Waals surface area contributed by atoms with Crippen molar-refractivity contribution >= 4 is 39.9 Å². The van der Waals surface area contributed by atoms with Gasteiger partial charge in [-0.15, -0.1) is 0 Å². The average Bonchev–Trinajstić information content (AvgIpc) is 2.85. The van der Waals surface area contributed by atoms with Crippen LogP contribution in [0.2, 0.25) is 0 Å². The molecule has 0 radical (unpaired) electrons. The van der Waals surface area contributed by atoms with Crippen molar-refractivity contribution in [1.82, 2.24) is 9.97 Å². The van der Waals surface area contributed by atoms with E-state index in [9.17, 15) is 9.59 Å². The monoisotopic (exact) mass is 473 g/mol. The zero-order valence-corrected chi connectivity index (χ0v) is 20.1. The third kappa shape index (κ3) is 5.24. The van der Waals surface area contributed by atoms with Gasteiger partial charge in [0.2, 0.25) is 0 Å². The van der Waals surface area contributed by atoms with Crippen molar-refractivity contribution in [3.8, 4) is 5.75 Å². The summed E-state index contributed by atoms with van der Waals surface area (Å²) in [6.45, 7) is 7.73. The zero-order chi connectivity index (χ0) is 24.9. The zero-order valence-electron chi connectivity index (χ0n) is 20.1. The highest BCUT2D eigenvalue weighted by molar-refractivity contribution is 6.05. The number of hydrogen-bond donors (Lipinski definition) is 2. The number of nitrogens with zero attached hydrogens (tertiary/aromatic N) is 3. The first kappa shape index (κ1) is 23.7. The van der Waals surface area contributed by atoms with Crippen LogP contribution in [0.1, 0.15) is 30.0 Å². The first-order valence-electron chi connectivity index (χ1n) is 11.3. The van der Waals surface area contributed by atoms with Gasteiger partial charge < -0.3 is 24.7 Å². The summed E-state index contributed by atoms with van der Waals surface area (Å²) in [6, 6.07) is 15.7. The Kier molecular flexibility index (Phi) is 6.96. The van der Waals surface area contributed by atoms with E-state index in [1.54, 1.807) is 30.3 Å². The molecule has 2 aromatic carbocycles. The second kappa shape index (κ2) is 10.3. The van der Waals surface area contributed by atoms with E-state index in [1.165, 1.54) is 13.2 Å². The lowest BCUT2D eigenvalue weighted by atomic mass is 10.1. The molecule has 0 aliphatic rings. The number of carbonyl (C=O) groups excluding carboxylic acids is 1. The second-order valence-electron chi connectivity index (χ2n) is 7.81. The van der Waals surface area contributed by atoms with Crippen molar-refractivity contribution in [2.75, 3.05) is 35.7 Å². The molecule has 0 unspecified atom stereocenters. The molecule has 35 heavy (non-hydrogen) atoms. The lowest BCUT2D eigenvalue weighted by molar-refractivity contribution is 0.102. The van der Waals surface area contributed by atoms with Crippen molar-refractivity contribution in [3.05, 3.63) is 76.4 Å². The molecule has 4 aromatic rings. The van der Waals surface area contributed by atoms with Crippen LogP contribution < -0.4 is 25.9 Å². The summed E-state index contributed by atoms with van der Waals surface area (Å²) >= 11 is 0. The Morgan fingerprint density at radius 3 is 2.43 bits per heavy atom. The van der Waals surface area contributed by atoms with Crippen LogP contribution in [0.15, 0.2) is 63.8 Å². The molecule has 9 nitrogen and oxygen atoms in total. The predicted octanol–water partition coefficient (Wildman–Crippen LogP) is 4.74. The number of carbonyl (C=O) groups is 1. The van der Waals surface area contributed by atoms with Crippen LogP contribution in [0, 0.1) is 6.92 Å². The predicted molar refractivity (Wildman–Crippen MR) is 137 cm³/mol. The van der Waals surface area contributed by atoms with Gasteiger partial charge in [-0.1, -0.05) is 12.1 Å². The maximum absolute atomic E-state index is 12.8. The highest BCUT2D eigenvalue weighted by Gasteiger charge is 2.16. The minimum Gasteiger partial charge on any atom is -0.493 e. The number of anilines is 4. The van der Waals surface area contributed by atoms with Gasteiger partial charge in [0.05, 0.1) is 7.11 Å². The Hall–Kier alpha value is -4.40. The molecule has 0 bridgehead atoms. The molecule has 0 fully saturated rings. The van der Waals surface area contributed by atoms with Crippen LogP contribution in [0.5, 0.6) is 5.75 Å². The molecule has 2 aromatic heterocycles. The molecule has 9 heteroatoms. The molecule has 0 saturated carbocycles. The minimum absolute atomic E-state index is 0.0895. The smallest absolute Gasteiger partial charge is 0.349 e. The van der Waals surface area contributed by atoms with Crippen LogP contribution in [-0.4, -0.2) is 36.1 Å². The number of aromatic nitrogens is 2. The molecule has 0 atom stereocenters. The van der Waals surface area contributed by atoms with Crippen LogP contribution in [0.25, 0.3) is 11.0 Å². The molecule has 0 saturated heterocycles. The first-order valence-corrected chi connectivity index (χ1v) is 11.3.